The van der Waals surface area contributed by atoms with Crippen molar-refractivity contribution < 1.29 is 17.6 Å². The summed E-state index contributed by atoms with van der Waals surface area (Å²) in [4.78, 5) is 21.7. The number of thiophene rings is 1. The standard InChI is InChI=1S/C25H23N3O4S2/c1-18-7-5-8-19(17-18)22-26-23(34(30,31)20-9-3-2-4-10-20)25(32-22)28-14-12-27(13-15-28)24(29)21-11-6-16-33-21/h2-11,16-17H,12-15H2,1H3. The van der Waals surface area contributed by atoms with Crippen molar-refractivity contribution in [2.45, 2.75) is 16.8 Å². The second kappa shape index (κ2) is 9.08. The van der Waals surface area contributed by atoms with Crippen molar-refractivity contribution in [2.75, 3.05) is 31.1 Å². The molecule has 1 amide bonds. The largest absolute Gasteiger partial charge is 0.419 e. The predicted octanol–water partition coefficient (Wildman–Crippen LogP) is 4.51. The third kappa shape index (κ3) is 4.24. The Labute approximate surface area is 202 Å². The molecular formula is C25H23N3O4S2. The first kappa shape index (κ1) is 22.4. The molecule has 0 bridgehead atoms. The Balaban J connectivity index is 1.49. The second-order valence-corrected chi connectivity index (χ2v) is 10.9. The first-order chi connectivity index (χ1) is 16.4. The molecule has 2 aromatic heterocycles. The fourth-order valence-corrected chi connectivity index (χ4v) is 5.99. The molecule has 7 nitrogen and oxygen atoms in total. The van der Waals surface area contributed by atoms with Gasteiger partial charge in [-0.3, -0.25) is 4.79 Å². The molecule has 1 saturated heterocycles. The number of sulfone groups is 1. The highest BCUT2D eigenvalue weighted by Gasteiger charge is 2.33. The van der Waals surface area contributed by atoms with Crippen LogP contribution in [0.2, 0.25) is 0 Å². The number of hydrogen-bond donors (Lipinski definition) is 0. The van der Waals surface area contributed by atoms with E-state index in [0.717, 1.165) is 5.56 Å². The van der Waals surface area contributed by atoms with Crippen LogP contribution in [-0.4, -0.2) is 50.4 Å². The number of anilines is 1. The maximum Gasteiger partial charge on any atom is 0.264 e. The highest BCUT2D eigenvalue weighted by atomic mass is 32.2. The highest BCUT2D eigenvalue weighted by Crippen LogP contribution is 2.35. The Hall–Kier alpha value is -3.43. The topological polar surface area (TPSA) is 83.7 Å². The Morgan fingerprint density at radius 1 is 0.971 bits per heavy atom. The van der Waals surface area contributed by atoms with E-state index in [2.05, 4.69) is 4.98 Å². The predicted molar refractivity (Wildman–Crippen MR) is 131 cm³/mol. The van der Waals surface area contributed by atoms with E-state index in [1.165, 1.54) is 11.3 Å². The van der Waals surface area contributed by atoms with E-state index < -0.39 is 9.84 Å². The summed E-state index contributed by atoms with van der Waals surface area (Å²) in [7, 11) is -3.91. The molecular weight excluding hydrogens is 470 g/mol. The van der Waals surface area contributed by atoms with Crippen LogP contribution in [0.15, 0.2) is 86.4 Å². The number of benzene rings is 2. The van der Waals surface area contributed by atoms with E-state index in [0.29, 0.717) is 36.6 Å². The van der Waals surface area contributed by atoms with Crippen LogP contribution in [-0.2, 0) is 9.84 Å². The average Bonchev–Trinajstić information content (AvgIpc) is 3.55. The van der Waals surface area contributed by atoms with E-state index >= 15 is 0 Å². The van der Waals surface area contributed by atoms with Gasteiger partial charge in [-0.2, -0.15) is 4.98 Å². The lowest BCUT2D eigenvalue weighted by Crippen LogP contribution is -2.48. The van der Waals surface area contributed by atoms with Gasteiger partial charge in [-0.25, -0.2) is 8.42 Å². The number of hydrogen-bond acceptors (Lipinski definition) is 7. The van der Waals surface area contributed by atoms with Gasteiger partial charge in [-0.15, -0.1) is 11.3 Å². The van der Waals surface area contributed by atoms with E-state index in [1.807, 2.05) is 53.6 Å². The summed E-state index contributed by atoms with van der Waals surface area (Å²) < 4.78 is 33.2. The lowest BCUT2D eigenvalue weighted by Gasteiger charge is -2.34. The molecule has 4 aromatic rings. The zero-order valence-electron chi connectivity index (χ0n) is 18.5. The van der Waals surface area contributed by atoms with Gasteiger partial charge in [0, 0.05) is 31.7 Å². The molecule has 34 heavy (non-hydrogen) atoms. The molecule has 2 aromatic carbocycles. The van der Waals surface area contributed by atoms with E-state index in [-0.39, 0.29) is 27.6 Å². The van der Waals surface area contributed by atoms with Crippen LogP contribution < -0.4 is 4.90 Å². The van der Waals surface area contributed by atoms with Gasteiger partial charge in [0.05, 0.1) is 9.77 Å². The summed E-state index contributed by atoms with van der Waals surface area (Å²) in [5, 5.41) is 1.78. The Bertz CT molecular complexity index is 1410. The number of carbonyl (C=O) groups is 1. The number of oxazole rings is 1. The Kier molecular flexibility index (Phi) is 5.97. The minimum atomic E-state index is -3.91. The molecule has 9 heteroatoms. The van der Waals surface area contributed by atoms with Gasteiger partial charge >= 0.3 is 0 Å². The van der Waals surface area contributed by atoms with E-state index in [1.54, 1.807) is 35.2 Å². The van der Waals surface area contributed by atoms with E-state index in [9.17, 15) is 13.2 Å². The van der Waals surface area contributed by atoms with Crippen molar-refractivity contribution in [3.8, 4) is 11.5 Å². The number of rotatable bonds is 5. The van der Waals surface area contributed by atoms with Crippen LogP contribution in [0.5, 0.6) is 0 Å². The van der Waals surface area contributed by atoms with Crippen molar-refractivity contribution in [1.82, 2.24) is 9.88 Å². The molecule has 0 N–H and O–H groups in total. The van der Waals surface area contributed by atoms with Gasteiger partial charge in [-0.1, -0.05) is 42.0 Å². The summed E-state index contributed by atoms with van der Waals surface area (Å²) >= 11 is 1.41. The molecule has 0 saturated carbocycles. The molecule has 174 valence electrons. The van der Waals surface area contributed by atoms with Crippen molar-refractivity contribution >= 4 is 33.0 Å². The zero-order valence-corrected chi connectivity index (χ0v) is 20.2. The van der Waals surface area contributed by atoms with Crippen LogP contribution in [0.1, 0.15) is 15.2 Å². The molecule has 0 radical (unpaired) electrons. The van der Waals surface area contributed by atoms with Gasteiger partial charge < -0.3 is 14.2 Å². The number of piperazine rings is 1. The summed E-state index contributed by atoms with van der Waals surface area (Å²) in [5.74, 6) is 0.457. The van der Waals surface area contributed by atoms with Gasteiger partial charge in [0.2, 0.25) is 26.6 Å². The normalized spacial score (nSPS) is 14.4. The summed E-state index contributed by atoms with van der Waals surface area (Å²) in [6, 6.07) is 19.5. The van der Waals surface area contributed by atoms with Crippen molar-refractivity contribution in [3.63, 3.8) is 0 Å². The monoisotopic (exact) mass is 493 g/mol. The SMILES string of the molecule is Cc1cccc(-c2nc(S(=O)(=O)c3ccccc3)c(N3CCN(C(=O)c4cccs4)CC3)o2)c1. The molecule has 0 aliphatic carbocycles. The number of nitrogens with zero attached hydrogens (tertiary/aromatic N) is 3. The first-order valence-corrected chi connectivity index (χ1v) is 13.3. The van der Waals surface area contributed by atoms with Crippen molar-refractivity contribution in [1.29, 1.82) is 0 Å². The number of aromatic nitrogens is 1. The summed E-state index contributed by atoms with van der Waals surface area (Å²) in [6.45, 7) is 3.76. The minimum Gasteiger partial charge on any atom is -0.419 e. The lowest BCUT2D eigenvalue weighted by atomic mass is 10.1. The summed E-state index contributed by atoms with van der Waals surface area (Å²) in [5.41, 5.74) is 1.73. The Morgan fingerprint density at radius 3 is 2.41 bits per heavy atom. The fraction of sp³-hybridized carbons (Fsp3) is 0.200. The molecule has 1 fully saturated rings. The quantitative estimate of drug-likeness (QED) is 0.407. The van der Waals surface area contributed by atoms with Crippen LogP contribution in [0.4, 0.5) is 5.88 Å². The summed E-state index contributed by atoms with van der Waals surface area (Å²) in [6.07, 6.45) is 0. The van der Waals surface area contributed by atoms with Crippen LogP contribution in [0.25, 0.3) is 11.5 Å². The first-order valence-electron chi connectivity index (χ1n) is 10.9. The van der Waals surface area contributed by atoms with Crippen LogP contribution >= 0.6 is 11.3 Å². The van der Waals surface area contributed by atoms with Crippen molar-refractivity contribution in [2.24, 2.45) is 0 Å². The van der Waals surface area contributed by atoms with Gasteiger partial charge in [0.25, 0.3) is 5.91 Å². The van der Waals surface area contributed by atoms with Gasteiger partial charge in [0.1, 0.15) is 0 Å². The highest BCUT2D eigenvalue weighted by molar-refractivity contribution is 7.91. The van der Waals surface area contributed by atoms with Gasteiger partial charge in [-0.05, 0) is 42.6 Å². The molecule has 3 heterocycles. The maximum atomic E-state index is 13.5. The van der Waals surface area contributed by atoms with Crippen molar-refractivity contribution in [3.05, 3.63) is 82.6 Å². The molecule has 1 aliphatic heterocycles. The minimum absolute atomic E-state index is 0.00944. The average molecular weight is 494 g/mol. The molecule has 1 aliphatic rings. The lowest BCUT2D eigenvalue weighted by molar-refractivity contribution is 0.0750. The number of carbonyl (C=O) groups excluding carboxylic acids is 1. The Morgan fingerprint density at radius 2 is 1.74 bits per heavy atom. The smallest absolute Gasteiger partial charge is 0.264 e. The third-order valence-corrected chi connectivity index (χ3v) is 8.26. The maximum absolute atomic E-state index is 13.5. The van der Waals surface area contributed by atoms with Crippen LogP contribution in [0, 0.1) is 6.92 Å². The molecule has 0 atom stereocenters. The van der Waals surface area contributed by atoms with Gasteiger partial charge in [0.15, 0.2) is 0 Å². The zero-order chi connectivity index (χ0) is 23.7. The molecule has 0 unspecified atom stereocenters. The second-order valence-electron chi connectivity index (χ2n) is 8.07. The number of amides is 1. The van der Waals surface area contributed by atoms with Crippen LogP contribution in [0.3, 0.4) is 0 Å². The molecule has 0 spiro atoms. The molecule has 5 rings (SSSR count). The van der Waals surface area contributed by atoms with E-state index in [4.69, 9.17) is 4.42 Å². The number of aryl methyl sites for hydroxylation is 1. The third-order valence-electron chi connectivity index (χ3n) is 5.74. The fourth-order valence-electron chi connectivity index (χ4n) is 3.95.